The molecule has 0 spiro atoms. The van der Waals surface area contributed by atoms with Gasteiger partial charge in [0.05, 0.1) is 0 Å². The van der Waals surface area contributed by atoms with Crippen LogP contribution in [0.5, 0.6) is 0 Å². The molecule has 3 aromatic rings. The molecule has 0 bridgehead atoms. The number of nitrogens with one attached hydrogen (secondary N) is 1. The van der Waals surface area contributed by atoms with E-state index in [0.717, 1.165) is 31.5 Å². The number of amides is 1. The lowest BCUT2D eigenvalue weighted by atomic mass is 9.86. The Morgan fingerprint density at radius 2 is 1.67 bits per heavy atom. The van der Waals surface area contributed by atoms with Gasteiger partial charge in [-0.1, -0.05) is 68.3 Å². The van der Waals surface area contributed by atoms with E-state index in [4.69, 9.17) is 4.42 Å². The van der Waals surface area contributed by atoms with E-state index in [0.29, 0.717) is 17.5 Å². The highest BCUT2D eigenvalue weighted by Gasteiger charge is 2.26. The molecule has 0 aliphatic carbocycles. The number of hydrogen-bond acceptors (Lipinski definition) is 5. The second-order valence-electron chi connectivity index (χ2n) is 8.76. The van der Waals surface area contributed by atoms with Crippen LogP contribution in [-0.4, -0.2) is 29.2 Å². The van der Waals surface area contributed by atoms with Gasteiger partial charge in [0, 0.05) is 18.7 Å². The van der Waals surface area contributed by atoms with Crippen LogP contribution in [0.3, 0.4) is 0 Å². The summed E-state index contributed by atoms with van der Waals surface area (Å²) in [6.45, 7) is 8.30. The maximum absolute atomic E-state index is 13.0. The van der Waals surface area contributed by atoms with Gasteiger partial charge in [0.25, 0.3) is 5.91 Å². The minimum Gasteiger partial charge on any atom is -0.405 e. The van der Waals surface area contributed by atoms with E-state index in [1.165, 1.54) is 5.56 Å². The third kappa shape index (κ3) is 4.37. The number of carbonyl (C=O) groups is 1. The summed E-state index contributed by atoms with van der Waals surface area (Å²) < 4.78 is 5.97. The lowest BCUT2D eigenvalue weighted by molar-refractivity contribution is 0.0938. The number of carbonyl (C=O) groups excluding carboxylic acids is 1. The third-order valence-electron chi connectivity index (χ3n) is 5.47. The number of rotatable bonds is 5. The fourth-order valence-electron chi connectivity index (χ4n) is 3.65. The third-order valence-corrected chi connectivity index (χ3v) is 5.47. The summed E-state index contributed by atoms with van der Waals surface area (Å²) in [7, 11) is 0. The maximum Gasteiger partial charge on any atom is 0.318 e. The summed E-state index contributed by atoms with van der Waals surface area (Å²) in [6.07, 6.45) is 2.25. The van der Waals surface area contributed by atoms with Gasteiger partial charge in [0.1, 0.15) is 6.04 Å². The van der Waals surface area contributed by atoms with Gasteiger partial charge in [-0.2, -0.15) is 0 Å². The summed E-state index contributed by atoms with van der Waals surface area (Å²) in [5.74, 6) is 0.216. The van der Waals surface area contributed by atoms with Gasteiger partial charge in [-0.25, -0.2) is 0 Å². The van der Waals surface area contributed by atoms with Crippen molar-refractivity contribution < 1.29 is 9.21 Å². The van der Waals surface area contributed by atoms with E-state index < -0.39 is 6.04 Å². The molecular formula is C24H28N4O2. The van der Waals surface area contributed by atoms with Gasteiger partial charge in [0.2, 0.25) is 5.89 Å². The van der Waals surface area contributed by atoms with Crippen LogP contribution in [0, 0.1) is 0 Å². The SMILES string of the molecule is CC(C)(C)c1ccc(C(=O)NC(c2ccccc2)c2nnc(N3CCCC3)o2)cc1. The predicted octanol–water partition coefficient (Wildman–Crippen LogP) is 4.49. The Kier molecular flexibility index (Phi) is 5.57. The fraction of sp³-hybridized carbons (Fsp3) is 0.375. The van der Waals surface area contributed by atoms with Crippen LogP contribution in [0.15, 0.2) is 59.0 Å². The molecule has 1 amide bonds. The summed E-state index contributed by atoms with van der Waals surface area (Å²) in [5, 5.41) is 11.6. The minimum absolute atomic E-state index is 0.0390. The maximum atomic E-state index is 13.0. The van der Waals surface area contributed by atoms with Crippen molar-refractivity contribution in [3.63, 3.8) is 0 Å². The van der Waals surface area contributed by atoms with Crippen LogP contribution in [0.2, 0.25) is 0 Å². The van der Waals surface area contributed by atoms with Gasteiger partial charge in [-0.05, 0) is 41.5 Å². The second-order valence-corrected chi connectivity index (χ2v) is 8.76. The van der Waals surface area contributed by atoms with Crippen LogP contribution in [0.4, 0.5) is 6.01 Å². The summed E-state index contributed by atoms with van der Waals surface area (Å²) in [6, 6.07) is 17.5. The minimum atomic E-state index is -0.509. The number of anilines is 1. The zero-order valence-corrected chi connectivity index (χ0v) is 17.8. The molecule has 0 saturated carbocycles. The molecule has 1 atom stereocenters. The Labute approximate surface area is 177 Å². The van der Waals surface area contributed by atoms with Crippen molar-refractivity contribution in [1.29, 1.82) is 0 Å². The van der Waals surface area contributed by atoms with Crippen LogP contribution in [0.1, 0.15) is 67.0 Å². The standard InChI is InChI=1S/C24H28N4O2/c1-24(2,3)19-13-11-18(12-14-19)21(29)25-20(17-9-5-4-6-10-17)22-26-27-23(30-22)28-15-7-8-16-28/h4-6,9-14,20H,7-8,15-16H2,1-3H3,(H,25,29). The molecule has 1 N–H and O–H groups in total. The van der Waals surface area contributed by atoms with E-state index >= 15 is 0 Å². The summed E-state index contributed by atoms with van der Waals surface area (Å²) in [5.41, 5.74) is 2.72. The molecule has 156 valence electrons. The van der Waals surface area contributed by atoms with Crippen molar-refractivity contribution >= 4 is 11.9 Å². The van der Waals surface area contributed by atoms with Crippen molar-refractivity contribution in [2.45, 2.75) is 45.1 Å². The Morgan fingerprint density at radius 3 is 2.30 bits per heavy atom. The molecule has 0 radical (unpaired) electrons. The average molecular weight is 405 g/mol. The van der Waals surface area contributed by atoms with Crippen molar-refractivity contribution in [2.24, 2.45) is 0 Å². The Morgan fingerprint density at radius 1 is 1.00 bits per heavy atom. The van der Waals surface area contributed by atoms with Crippen LogP contribution < -0.4 is 10.2 Å². The number of nitrogens with zero attached hydrogens (tertiary/aromatic N) is 3. The van der Waals surface area contributed by atoms with Crippen molar-refractivity contribution in [2.75, 3.05) is 18.0 Å². The summed E-state index contributed by atoms with van der Waals surface area (Å²) >= 11 is 0. The van der Waals surface area contributed by atoms with E-state index in [9.17, 15) is 4.79 Å². The quantitative estimate of drug-likeness (QED) is 0.679. The van der Waals surface area contributed by atoms with Gasteiger partial charge in [-0.15, -0.1) is 5.10 Å². The molecule has 1 saturated heterocycles. The molecule has 1 aromatic heterocycles. The van der Waals surface area contributed by atoms with Gasteiger partial charge in [0.15, 0.2) is 0 Å². The van der Waals surface area contributed by atoms with Crippen LogP contribution in [0.25, 0.3) is 0 Å². The first-order valence-corrected chi connectivity index (χ1v) is 10.5. The molecule has 2 heterocycles. The molecule has 6 nitrogen and oxygen atoms in total. The fourth-order valence-corrected chi connectivity index (χ4v) is 3.65. The molecule has 1 aliphatic rings. The van der Waals surface area contributed by atoms with Crippen LogP contribution in [-0.2, 0) is 5.41 Å². The van der Waals surface area contributed by atoms with Crippen LogP contribution >= 0.6 is 0 Å². The Bertz CT molecular complexity index is 984. The van der Waals surface area contributed by atoms with Crippen molar-refractivity contribution in [1.82, 2.24) is 15.5 Å². The Balaban J connectivity index is 1.58. The first-order valence-electron chi connectivity index (χ1n) is 10.5. The van der Waals surface area contributed by atoms with Gasteiger partial charge in [-0.3, -0.25) is 4.79 Å². The topological polar surface area (TPSA) is 71.3 Å². The first kappa shape index (κ1) is 20.1. The van der Waals surface area contributed by atoms with Gasteiger partial charge >= 0.3 is 6.01 Å². The van der Waals surface area contributed by atoms with Gasteiger partial charge < -0.3 is 14.6 Å². The van der Waals surface area contributed by atoms with Crippen molar-refractivity contribution in [3.8, 4) is 0 Å². The molecule has 1 aliphatic heterocycles. The molecule has 30 heavy (non-hydrogen) atoms. The van der Waals surface area contributed by atoms with E-state index in [2.05, 4.69) is 41.2 Å². The zero-order chi connectivity index (χ0) is 21.1. The Hall–Kier alpha value is -3.15. The molecule has 4 rings (SSSR count). The first-order chi connectivity index (χ1) is 14.4. The molecule has 6 heteroatoms. The monoisotopic (exact) mass is 404 g/mol. The second kappa shape index (κ2) is 8.30. The van der Waals surface area contributed by atoms with E-state index in [1.807, 2.05) is 54.6 Å². The molecule has 1 unspecified atom stereocenters. The zero-order valence-electron chi connectivity index (χ0n) is 17.8. The highest BCUT2D eigenvalue weighted by atomic mass is 16.4. The highest BCUT2D eigenvalue weighted by Crippen LogP contribution is 2.26. The lowest BCUT2D eigenvalue weighted by Crippen LogP contribution is -2.29. The average Bonchev–Trinajstić information content (AvgIpc) is 3.44. The van der Waals surface area contributed by atoms with E-state index in [-0.39, 0.29) is 11.3 Å². The molecule has 1 fully saturated rings. The number of hydrogen-bond donors (Lipinski definition) is 1. The lowest BCUT2D eigenvalue weighted by Gasteiger charge is -2.20. The predicted molar refractivity (Wildman–Crippen MR) is 117 cm³/mol. The molecule has 2 aromatic carbocycles. The highest BCUT2D eigenvalue weighted by molar-refractivity contribution is 5.94. The largest absolute Gasteiger partial charge is 0.405 e. The molecular weight excluding hydrogens is 376 g/mol. The summed E-state index contributed by atoms with van der Waals surface area (Å²) in [4.78, 5) is 15.1. The smallest absolute Gasteiger partial charge is 0.318 e. The number of aromatic nitrogens is 2. The normalized spacial score (nSPS) is 15.2. The number of benzene rings is 2. The van der Waals surface area contributed by atoms with Crippen molar-refractivity contribution in [3.05, 3.63) is 77.2 Å². The van der Waals surface area contributed by atoms with E-state index in [1.54, 1.807) is 0 Å².